The molecule has 0 aliphatic rings. The van der Waals surface area contributed by atoms with Crippen molar-refractivity contribution in [2.75, 3.05) is 13.2 Å². The van der Waals surface area contributed by atoms with Crippen LogP contribution in [0.4, 0.5) is 48.3 Å². The normalized spacial score (nSPS) is 14.9. The lowest BCUT2D eigenvalue weighted by atomic mass is 10.1. The Balaban J connectivity index is 5.45. The maximum atomic E-state index is 13.3. The summed E-state index contributed by atoms with van der Waals surface area (Å²) in [6.45, 7) is -1.60. The molecule has 0 saturated carbocycles. The highest BCUT2D eigenvalue weighted by Gasteiger charge is 2.85. The van der Waals surface area contributed by atoms with Gasteiger partial charge in [-0.25, -0.2) is 8.78 Å². The summed E-state index contributed by atoms with van der Waals surface area (Å²) < 4.78 is 169. The predicted octanol–water partition coefficient (Wildman–Crippen LogP) is 3.74. The molecule has 0 fully saturated rings. The van der Waals surface area contributed by atoms with Crippen LogP contribution in [-0.2, 0) is 23.8 Å². The number of halogens is 11. The van der Waals surface area contributed by atoms with Crippen LogP contribution >= 0.6 is 0 Å². The highest BCUT2D eigenvalue weighted by molar-refractivity contribution is 7.87. The molecule has 0 radical (unpaired) electrons. The Morgan fingerprint density at radius 2 is 1.32 bits per heavy atom. The lowest BCUT2D eigenvalue weighted by molar-refractivity contribution is -0.382. The highest BCUT2D eigenvalue weighted by atomic mass is 32.2. The van der Waals surface area contributed by atoms with Gasteiger partial charge in [-0.1, -0.05) is 0 Å². The molecule has 0 aromatic heterocycles. The molecule has 0 amide bonds. The topological polar surface area (TPSA) is 69.7 Å². The lowest BCUT2D eigenvalue weighted by Crippen LogP contribution is -2.63. The van der Waals surface area contributed by atoms with Crippen LogP contribution in [0, 0.1) is 0 Å². The average Bonchev–Trinajstić information content (AvgIpc) is 2.50. The van der Waals surface area contributed by atoms with Crippen molar-refractivity contribution in [2.45, 2.75) is 49.0 Å². The van der Waals surface area contributed by atoms with Crippen molar-refractivity contribution in [3.05, 3.63) is 0 Å². The van der Waals surface area contributed by atoms with Gasteiger partial charge in [0.25, 0.3) is 5.92 Å². The molecule has 0 aliphatic carbocycles. The Hall–Kier alpha value is -1.39. The van der Waals surface area contributed by atoms with Crippen LogP contribution in [0.25, 0.3) is 0 Å². The maximum absolute atomic E-state index is 13.3. The molecule has 17 heteroatoms. The molecule has 28 heavy (non-hydrogen) atoms. The van der Waals surface area contributed by atoms with Gasteiger partial charge in [0.2, 0.25) is 0 Å². The van der Waals surface area contributed by atoms with Crippen LogP contribution in [0.5, 0.6) is 0 Å². The van der Waals surface area contributed by atoms with Gasteiger partial charge in [-0.05, 0) is 6.92 Å². The summed E-state index contributed by atoms with van der Waals surface area (Å²) in [6, 6.07) is 0. The monoisotopic (exact) mass is 464 g/mol. The number of rotatable bonds is 10. The quantitative estimate of drug-likeness (QED) is 0.280. The van der Waals surface area contributed by atoms with Crippen molar-refractivity contribution in [1.29, 1.82) is 0 Å². The number of ether oxygens (including phenoxy) is 1. The zero-order valence-corrected chi connectivity index (χ0v) is 14.3. The molecule has 0 heterocycles. The smallest absolute Gasteiger partial charge is 0.460 e. The third kappa shape index (κ3) is 5.36. The third-order valence-electron chi connectivity index (χ3n) is 2.86. The Kier molecular flexibility index (Phi) is 7.75. The summed E-state index contributed by atoms with van der Waals surface area (Å²) in [7, 11) is -7.40. The van der Waals surface area contributed by atoms with Gasteiger partial charge in [-0.2, -0.15) is 47.9 Å². The zero-order valence-electron chi connectivity index (χ0n) is 13.4. The van der Waals surface area contributed by atoms with Crippen molar-refractivity contribution in [3.8, 4) is 0 Å². The molecule has 0 rings (SSSR count). The molecule has 0 N–H and O–H groups in total. The predicted molar refractivity (Wildman–Crippen MR) is 66.6 cm³/mol. The van der Waals surface area contributed by atoms with E-state index in [1.54, 1.807) is 0 Å². The molecule has 0 saturated heterocycles. The van der Waals surface area contributed by atoms with Gasteiger partial charge in [-0.3, -0.25) is 8.98 Å². The van der Waals surface area contributed by atoms with Crippen molar-refractivity contribution in [3.63, 3.8) is 0 Å². The number of carbonyl (C=O) groups excluding carboxylic acids is 1. The van der Waals surface area contributed by atoms with Gasteiger partial charge < -0.3 is 4.74 Å². The van der Waals surface area contributed by atoms with Crippen LogP contribution in [0.2, 0.25) is 0 Å². The minimum Gasteiger partial charge on any atom is -0.466 e. The molecule has 0 unspecified atom stereocenters. The first kappa shape index (κ1) is 26.6. The Labute approximate surface area is 149 Å². The second kappa shape index (κ2) is 8.16. The maximum Gasteiger partial charge on any atom is 0.460 e. The fourth-order valence-electron chi connectivity index (χ4n) is 1.35. The van der Waals surface area contributed by atoms with Crippen molar-refractivity contribution < 1.29 is 70.4 Å². The second-order valence-electron chi connectivity index (χ2n) is 5.04. The SMILES string of the molecule is CCOC(=O)CCC(F)(F)COS(=O)(=O)C(F)(F)C(F)(F)C(F)(F)C(F)(F)F. The van der Waals surface area contributed by atoms with E-state index in [0.717, 1.165) is 0 Å². The van der Waals surface area contributed by atoms with E-state index in [2.05, 4.69) is 8.92 Å². The molecule has 0 aromatic carbocycles. The summed E-state index contributed by atoms with van der Waals surface area (Å²) >= 11 is 0. The largest absolute Gasteiger partial charge is 0.466 e. The molecule has 0 aliphatic heterocycles. The Bertz CT molecular complexity index is 656. The van der Waals surface area contributed by atoms with E-state index in [-0.39, 0.29) is 6.61 Å². The van der Waals surface area contributed by atoms with Gasteiger partial charge in [-0.15, -0.1) is 0 Å². The van der Waals surface area contributed by atoms with E-state index in [1.165, 1.54) is 6.92 Å². The van der Waals surface area contributed by atoms with Crippen molar-refractivity contribution >= 4 is 16.1 Å². The van der Waals surface area contributed by atoms with Gasteiger partial charge >= 0.3 is 39.4 Å². The number of carbonyl (C=O) groups is 1. The first-order valence-electron chi connectivity index (χ1n) is 6.79. The van der Waals surface area contributed by atoms with E-state index in [9.17, 15) is 61.5 Å². The van der Waals surface area contributed by atoms with E-state index < -0.39 is 64.7 Å². The summed E-state index contributed by atoms with van der Waals surface area (Å²) in [5.41, 5.74) is 0. The lowest BCUT2D eigenvalue weighted by Gasteiger charge is -2.32. The average molecular weight is 464 g/mol. The minimum absolute atomic E-state index is 0.246. The fraction of sp³-hybridized carbons (Fsp3) is 0.909. The standard InChI is InChI=1S/C11H11F11O5S/c1-2-26-6(23)3-4-7(12,13)5-27-28(24,25)11(21,22)9(16,17)8(14,15)10(18,19)20/h2-5H2,1H3. The van der Waals surface area contributed by atoms with Crippen molar-refractivity contribution in [2.24, 2.45) is 0 Å². The van der Waals surface area contributed by atoms with E-state index in [1.807, 2.05) is 0 Å². The van der Waals surface area contributed by atoms with Gasteiger partial charge in [0.15, 0.2) is 0 Å². The summed E-state index contributed by atoms with van der Waals surface area (Å²) in [5.74, 6) is -20.8. The number of alkyl halides is 11. The molecular formula is C11H11F11O5S. The van der Waals surface area contributed by atoms with Gasteiger partial charge in [0, 0.05) is 6.42 Å². The zero-order chi connectivity index (χ0) is 22.8. The number of hydrogen-bond acceptors (Lipinski definition) is 5. The summed E-state index contributed by atoms with van der Waals surface area (Å²) in [4.78, 5) is 10.9. The first-order chi connectivity index (χ1) is 12.2. The summed E-state index contributed by atoms with van der Waals surface area (Å²) in [6.07, 6.45) is -10.0. The molecule has 0 bridgehead atoms. The molecule has 5 nitrogen and oxygen atoms in total. The van der Waals surface area contributed by atoms with Gasteiger partial charge in [0.1, 0.15) is 6.61 Å². The van der Waals surface area contributed by atoms with E-state index in [0.29, 0.717) is 0 Å². The number of hydrogen-bond donors (Lipinski definition) is 0. The second-order valence-corrected chi connectivity index (χ2v) is 6.70. The molecule has 0 atom stereocenters. The number of esters is 1. The third-order valence-corrected chi connectivity index (χ3v) is 4.17. The fourth-order valence-corrected chi connectivity index (χ4v) is 2.26. The Morgan fingerprint density at radius 3 is 1.71 bits per heavy atom. The molecular weight excluding hydrogens is 453 g/mol. The minimum atomic E-state index is -7.60. The highest BCUT2D eigenvalue weighted by Crippen LogP contribution is 2.55. The van der Waals surface area contributed by atoms with E-state index in [4.69, 9.17) is 0 Å². The van der Waals surface area contributed by atoms with Crippen LogP contribution in [0.3, 0.4) is 0 Å². The molecule has 0 spiro atoms. The first-order valence-corrected chi connectivity index (χ1v) is 8.19. The molecule has 168 valence electrons. The van der Waals surface area contributed by atoms with Crippen LogP contribution in [0.15, 0.2) is 0 Å². The Morgan fingerprint density at radius 1 is 0.857 bits per heavy atom. The van der Waals surface area contributed by atoms with Crippen LogP contribution < -0.4 is 0 Å². The molecule has 0 aromatic rings. The van der Waals surface area contributed by atoms with Crippen molar-refractivity contribution in [1.82, 2.24) is 0 Å². The summed E-state index contributed by atoms with van der Waals surface area (Å²) in [5, 5.41) is -7.24. The van der Waals surface area contributed by atoms with Crippen LogP contribution in [-0.4, -0.2) is 56.8 Å². The van der Waals surface area contributed by atoms with Crippen LogP contribution in [0.1, 0.15) is 19.8 Å². The van der Waals surface area contributed by atoms with Gasteiger partial charge in [0.05, 0.1) is 13.0 Å². The van der Waals surface area contributed by atoms with E-state index >= 15 is 0 Å².